The van der Waals surface area contributed by atoms with Gasteiger partial charge in [0.15, 0.2) is 17.3 Å². The highest BCUT2D eigenvalue weighted by Crippen LogP contribution is 2.34. The predicted octanol–water partition coefficient (Wildman–Crippen LogP) is 3.91. The number of carbonyl (C=O) groups is 2. The molecule has 2 atom stereocenters. The van der Waals surface area contributed by atoms with E-state index in [1.807, 2.05) is 6.92 Å². The zero-order chi connectivity index (χ0) is 20.7. The highest BCUT2D eigenvalue weighted by Gasteiger charge is 2.24. The molecule has 2 rings (SSSR count). The van der Waals surface area contributed by atoms with Crippen LogP contribution in [0.15, 0.2) is 42.5 Å². The van der Waals surface area contributed by atoms with E-state index in [1.165, 1.54) is 20.1 Å². The molecule has 0 unspecified atom stereocenters. The van der Waals surface area contributed by atoms with Crippen LogP contribution in [0.4, 0.5) is 10.5 Å². The number of anilines is 1. The summed E-state index contributed by atoms with van der Waals surface area (Å²) in [6.07, 6.45) is -0.945. The van der Waals surface area contributed by atoms with Crippen molar-refractivity contribution in [3.05, 3.63) is 53.6 Å². The highest BCUT2D eigenvalue weighted by atomic mass is 16.6. The molecule has 0 spiro atoms. The summed E-state index contributed by atoms with van der Waals surface area (Å²) in [5.74, 6) is -0.00711. The Morgan fingerprint density at radius 1 is 1.14 bits per heavy atom. The number of Topliss-reactive ketones (excluding diaryl/α,β-unsaturated/α-hetero) is 1. The fourth-order valence-electron chi connectivity index (χ4n) is 2.80. The van der Waals surface area contributed by atoms with E-state index in [9.17, 15) is 19.8 Å². The van der Waals surface area contributed by atoms with Gasteiger partial charge in [0.25, 0.3) is 0 Å². The Morgan fingerprint density at radius 2 is 1.82 bits per heavy atom. The standard InChI is InChI=1S/C21H25NO6/c1-13(10-11-23)20(16-6-9-19(27-3)18(25)12-16)28-21(26)22-17-7-4-15(5-8-17)14(2)24/h4-9,12-13,20,23,25H,10-11H2,1-3H3,(H,22,26)/t13-,20+/m1/s1. The number of phenolic OH excluding ortho intramolecular Hbond substituents is 1. The van der Waals surface area contributed by atoms with Gasteiger partial charge in [-0.3, -0.25) is 10.1 Å². The van der Waals surface area contributed by atoms with E-state index in [2.05, 4.69) is 5.32 Å². The Kier molecular flexibility index (Phi) is 7.40. The minimum atomic E-state index is -0.680. The van der Waals surface area contributed by atoms with Crippen LogP contribution in [0.25, 0.3) is 0 Å². The molecule has 1 amide bonds. The summed E-state index contributed by atoms with van der Waals surface area (Å²) in [5, 5.41) is 21.9. The number of rotatable bonds is 8. The molecule has 0 fully saturated rings. The van der Waals surface area contributed by atoms with E-state index < -0.39 is 12.2 Å². The van der Waals surface area contributed by atoms with Crippen molar-refractivity contribution >= 4 is 17.6 Å². The van der Waals surface area contributed by atoms with Crippen molar-refractivity contribution in [3.8, 4) is 11.5 Å². The fraction of sp³-hybridized carbons (Fsp3) is 0.333. The van der Waals surface area contributed by atoms with Gasteiger partial charge in [-0.25, -0.2) is 4.79 Å². The summed E-state index contributed by atoms with van der Waals surface area (Å²) < 4.78 is 10.6. The number of aliphatic hydroxyl groups excluding tert-OH is 1. The van der Waals surface area contributed by atoms with Crippen molar-refractivity contribution in [2.45, 2.75) is 26.4 Å². The number of benzene rings is 2. The molecule has 7 nitrogen and oxygen atoms in total. The number of hydrogen-bond donors (Lipinski definition) is 3. The third kappa shape index (κ3) is 5.47. The maximum absolute atomic E-state index is 12.4. The lowest BCUT2D eigenvalue weighted by atomic mass is 9.94. The molecule has 0 aliphatic carbocycles. The van der Waals surface area contributed by atoms with Gasteiger partial charge >= 0.3 is 6.09 Å². The Balaban J connectivity index is 2.16. The van der Waals surface area contributed by atoms with Gasteiger partial charge < -0.3 is 19.7 Å². The molecule has 0 saturated carbocycles. The first kappa shape index (κ1) is 21.2. The third-order valence-electron chi connectivity index (χ3n) is 4.40. The van der Waals surface area contributed by atoms with Crippen LogP contribution in [-0.4, -0.2) is 35.8 Å². The fourth-order valence-corrected chi connectivity index (χ4v) is 2.80. The Labute approximate surface area is 163 Å². The quantitative estimate of drug-likeness (QED) is 0.593. The molecule has 0 bridgehead atoms. The van der Waals surface area contributed by atoms with Crippen molar-refractivity contribution in [3.63, 3.8) is 0 Å². The lowest BCUT2D eigenvalue weighted by molar-refractivity contribution is 0.0666. The van der Waals surface area contributed by atoms with Crippen LogP contribution in [0, 0.1) is 5.92 Å². The van der Waals surface area contributed by atoms with Crippen LogP contribution in [0.3, 0.4) is 0 Å². The summed E-state index contributed by atoms with van der Waals surface area (Å²) in [6.45, 7) is 3.25. The lowest BCUT2D eigenvalue weighted by Crippen LogP contribution is -2.22. The van der Waals surface area contributed by atoms with Crippen molar-refractivity contribution in [1.82, 2.24) is 0 Å². The normalized spacial score (nSPS) is 12.7. The van der Waals surface area contributed by atoms with Crippen LogP contribution in [0.2, 0.25) is 0 Å². The Bertz CT molecular complexity index is 818. The second-order valence-corrected chi connectivity index (χ2v) is 6.51. The number of methoxy groups -OCH3 is 1. The van der Waals surface area contributed by atoms with Gasteiger partial charge in [-0.15, -0.1) is 0 Å². The molecule has 28 heavy (non-hydrogen) atoms. The SMILES string of the molecule is COc1ccc([C@@H](OC(=O)Nc2ccc(C(C)=O)cc2)[C@H](C)CCO)cc1O. The maximum atomic E-state index is 12.4. The molecule has 0 aliphatic rings. The van der Waals surface area contributed by atoms with E-state index in [4.69, 9.17) is 9.47 Å². The van der Waals surface area contributed by atoms with Crippen LogP contribution in [0.1, 0.15) is 42.3 Å². The third-order valence-corrected chi connectivity index (χ3v) is 4.40. The van der Waals surface area contributed by atoms with Crippen molar-refractivity contribution in [2.75, 3.05) is 19.0 Å². The molecule has 0 aromatic heterocycles. The highest BCUT2D eigenvalue weighted by molar-refractivity contribution is 5.95. The number of phenols is 1. The minimum Gasteiger partial charge on any atom is -0.504 e. The summed E-state index contributed by atoms with van der Waals surface area (Å²) in [4.78, 5) is 23.7. The first-order chi connectivity index (χ1) is 13.3. The molecular formula is C21H25NO6. The molecule has 3 N–H and O–H groups in total. The van der Waals surface area contributed by atoms with Crippen LogP contribution >= 0.6 is 0 Å². The molecule has 0 heterocycles. The summed E-state index contributed by atoms with van der Waals surface area (Å²) in [7, 11) is 1.45. The first-order valence-corrected chi connectivity index (χ1v) is 8.92. The number of ether oxygens (including phenoxy) is 2. The monoisotopic (exact) mass is 387 g/mol. The number of amides is 1. The van der Waals surface area contributed by atoms with Gasteiger partial charge in [-0.1, -0.05) is 13.0 Å². The van der Waals surface area contributed by atoms with Gasteiger partial charge in [0.2, 0.25) is 0 Å². The molecule has 0 aliphatic heterocycles. The Hall–Kier alpha value is -3.06. The molecule has 0 saturated heterocycles. The van der Waals surface area contributed by atoms with E-state index in [0.29, 0.717) is 29.0 Å². The van der Waals surface area contributed by atoms with Crippen molar-refractivity contribution in [1.29, 1.82) is 0 Å². The largest absolute Gasteiger partial charge is 0.504 e. The predicted molar refractivity (Wildman–Crippen MR) is 105 cm³/mol. The second-order valence-electron chi connectivity index (χ2n) is 6.51. The summed E-state index contributed by atoms with van der Waals surface area (Å²) in [5.41, 5.74) is 1.62. The average Bonchev–Trinajstić information content (AvgIpc) is 2.66. The smallest absolute Gasteiger partial charge is 0.412 e. The first-order valence-electron chi connectivity index (χ1n) is 8.92. The topological polar surface area (TPSA) is 105 Å². The molecule has 7 heteroatoms. The van der Waals surface area contributed by atoms with E-state index in [0.717, 1.165) is 0 Å². The molecule has 0 radical (unpaired) electrons. The number of ketones is 1. The molecular weight excluding hydrogens is 362 g/mol. The average molecular weight is 387 g/mol. The van der Waals surface area contributed by atoms with Crippen LogP contribution in [-0.2, 0) is 4.74 Å². The number of hydrogen-bond acceptors (Lipinski definition) is 6. The number of nitrogens with one attached hydrogen (secondary N) is 1. The summed E-state index contributed by atoms with van der Waals surface area (Å²) in [6, 6.07) is 11.2. The van der Waals surface area contributed by atoms with E-state index in [1.54, 1.807) is 36.4 Å². The number of aliphatic hydroxyl groups is 1. The van der Waals surface area contributed by atoms with Gasteiger partial charge in [-0.05, 0) is 61.2 Å². The van der Waals surface area contributed by atoms with Crippen LogP contribution in [0.5, 0.6) is 11.5 Å². The zero-order valence-corrected chi connectivity index (χ0v) is 16.1. The maximum Gasteiger partial charge on any atom is 0.412 e. The number of carbonyl (C=O) groups excluding carboxylic acids is 2. The van der Waals surface area contributed by atoms with Gasteiger partial charge in [-0.2, -0.15) is 0 Å². The second kappa shape index (κ2) is 9.75. The number of aromatic hydroxyl groups is 1. The zero-order valence-electron chi connectivity index (χ0n) is 16.1. The van der Waals surface area contributed by atoms with Gasteiger partial charge in [0.1, 0.15) is 6.10 Å². The minimum absolute atomic E-state index is 0.0582. The lowest BCUT2D eigenvalue weighted by Gasteiger charge is -2.24. The summed E-state index contributed by atoms with van der Waals surface area (Å²) >= 11 is 0. The van der Waals surface area contributed by atoms with E-state index >= 15 is 0 Å². The van der Waals surface area contributed by atoms with Gasteiger partial charge in [0.05, 0.1) is 7.11 Å². The Morgan fingerprint density at radius 3 is 2.36 bits per heavy atom. The van der Waals surface area contributed by atoms with Crippen molar-refractivity contribution < 1.29 is 29.3 Å². The van der Waals surface area contributed by atoms with Crippen LogP contribution < -0.4 is 10.1 Å². The van der Waals surface area contributed by atoms with Crippen molar-refractivity contribution in [2.24, 2.45) is 5.92 Å². The molecule has 150 valence electrons. The molecule has 2 aromatic carbocycles. The van der Waals surface area contributed by atoms with E-state index in [-0.39, 0.29) is 24.1 Å². The molecule has 2 aromatic rings. The van der Waals surface area contributed by atoms with Gasteiger partial charge in [0, 0.05) is 17.9 Å².